The Hall–Kier alpha value is -2.04. The van der Waals surface area contributed by atoms with Gasteiger partial charge in [-0.05, 0) is 31.0 Å². The second kappa shape index (κ2) is 4.86. The zero-order valence-corrected chi connectivity index (χ0v) is 10.2. The van der Waals surface area contributed by atoms with Crippen LogP contribution in [0.1, 0.15) is 25.0 Å². The number of aryl methyl sites for hydroxylation is 2. The van der Waals surface area contributed by atoms with Gasteiger partial charge in [-0.3, -0.25) is 9.59 Å². The van der Waals surface area contributed by atoms with Gasteiger partial charge in [0.1, 0.15) is 0 Å². The summed E-state index contributed by atoms with van der Waals surface area (Å²) in [6.45, 7) is 5.78. The molecule has 0 unspecified atom stereocenters. The summed E-state index contributed by atoms with van der Waals surface area (Å²) < 4.78 is 9.81. The fourth-order valence-corrected chi connectivity index (χ4v) is 1.43. The quantitative estimate of drug-likeness (QED) is 0.628. The number of benzene rings is 1. The number of hydrogen-bond donors (Lipinski definition) is 1. The van der Waals surface area contributed by atoms with Gasteiger partial charge in [0.2, 0.25) is 5.75 Å². The van der Waals surface area contributed by atoms with Crippen molar-refractivity contribution in [3.63, 3.8) is 0 Å². The minimum atomic E-state index is -0.598. The highest BCUT2D eigenvalue weighted by molar-refractivity contribution is 5.76. The van der Waals surface area contributed by atoms with Crippen LogP contribution in [0, 0.1) is 13.8 Å². The van der Waals surface area contributed by atoms with E-state index in [9.17, 15) is 14.7 Å². The molecule has 0 atom stereocenters. The van der Waals surface area contributed by atoms with Gasteiger partial charge in [0.15, 0.2) is 11.5 Å². The lowest BCUT2D eigenvalue weighted by Gasteiger charge is -2.14. The highest BCUT2D eigenvalue weighted by Gasteiger charge is 2.19. The van der Waals surface area contributed by atoms with Gasteiger partial charge in [-0.15, -0.1) is 0 Å². The maximum atomic E-state index is 11.0. The molecule has 1 aromatic rings. The minimum Gasteiger partial charge on any atom is -0.504 e. The fourth-order valence-electron chi connectivity index (χ4n) is 1.43. The minimum absolute atomic E-state index is 0.0656. The van der Waals surface area contributed by atoms with Gasteiger partial charge in [-0.1, -0.05) is 0 Å². The maximum absolute atomic E-state index is 11.0. The van der Waals surface area contributed by atoms with Crippen molar-refractivity contribution in [2.24, 2.45) is 0 Å². The summed E-state index contributed by atoms with van der Waals surface area (Å²) in [5.41, 5.74) is 1.14. The van der Waals surface area contributed by atoms with E-state index in [1.165, 1.54) is 13.8 Å². The molecule has 0 aliphatic rings. The van der Waals surface area contributed by atoms with Crippen LogP contribution in [0.2, 0.25) is 0 Å². The van der Waals surface area contributed by atoms with E-state index in [4.69, 9.17) is 9.47 Å². The molecule has 1 aromatic carbocycles. The second-order valence-corrected chi connectivity index (χ2v) is 3.70. The fraction of sp³-hybridized carbons (Fsp3) is 0.333. The molecular weight excluding hydrogens is 224 g/mol. The zero-order chi connectivity index (χ0) is 13.2. The zero-order valence-electron chi connectivity index (χ0n) is 10.2. The molecule has 1 N–H and O–H groups in total. The molecule has 0 aliphatic heterocycles. The van der Waals surface area contributed by atoms with E-state index in [-0.39, 0.29) is 17.2 Å². The Morgan fingerprint density at radius 1 is 1.00 bits per heavy atom. The van der Waals surface area contributed by atoms with E-state index >= 15 is 0 Å². The average molecular weight is 238 g/mol. The molecule has 5 heteroatoms. The molecule has 0 aromatic heterocycles. The molecule has 0 spiro atoms. The predicted molar refractivity (Wildman–Crippen MR) is 60.2 cm³/mol. The largest absolute Gasteiger partial charge is 0.504 e. The molecule has 0 bridgehead atoms. The Bertz CT molecular complexity index is 476. The van der Waals surface area contributed by atoms with Crippen LogP contribution in [0.5, 0.6) is 17.2 Å². The summed E-state index contributed by atoms with van der Waals surface area (Å²) in [6.07, 6.45) is 0. The van der Waals surface area contributed by atoms with Crippen LogP contribution in [0.3, 0.4) is 0 Å². The molecule has 5 nitrogen and oxygen atoms in total. The first-order valence-electron chi connectivity index (χ1n) is 5.03. The predicted octanol–water partition coefficient (Wildman–Crippen LogP) is 1.86. The summed E-state index contributed by atoms with van der Waals surface area (Å²) in [5.74, 6) is -1.41. The molecule has 0 fully saturated rings. The molecule has 0 amide bonds. The van der Waals surface area contributed by atoms with Crippen LogP contribution >= 0.6 is 0 Å². The number of rotatable bonds is 2. The Kier molecular flexibility index (Phi) is 3.73. The summed E-state index contributed by atoms with van der Waals surface area (Å²) in [7, 11) is 0. The van der Waals surface area contributed by atoms with Crippen LogP contribution in [0.25, 0.3) is 0 Å². The Morgan fingerprint density at radius 3 is 1.94 bits per heavy atom. The molecule has 0 saturated carbocycles. The van der Waals surface area contributed by atoms with Crippen molar-refractivity contribution < 1.29 is 24.2 Å². The lowest BCUT2D eigenvalue weighted by Crippen LogP contribution is -2.09. The van der Waals surface area contributed by atoms with Crippen molar-refractivity contribution in [2.45, 2.75) is 27.7 Å². The molecule has 0 radical (unpaired) electrons. The number of carbonyl (C=O) groups is 2. The Labute approximate surface area is 99.0 Å². The summed E-state index contributed by atoms with van der Waals surface area (Å²) in [5, 5.41) is 9.80. The van der Waals surface area contributed by atoms with Gasteiger partial charge in [0.05, 0.1) is 0 Å². The number of hydrogen-bond acceptors (Lipinski definition) is 5. The monoisotopic (exact) mass is 238 g/mol. The number of esters is 2. The van der Waals surface area contributed by atoms with Crippen molar-refractivity contribution in [2.75, 3.05) is 0 Å². The molecule has 17 heavy (non-hydrogen) atoms. The van der Waals surface area contributed by atoms with Crippen LogP contribution < -0.4 is 9.47 Å². The van der Waals surface area contributed by atoms with Gasteiger partial charge in [-0.2, -0.15) is 0 Å². The van der Waals surface area contributed by atoms with E-state index in [0.29, 0.717) is 11.1 Å². The summed E-state index contributed by atoms with van der Waals surface area (Å²) in [4.78, 5) is 21.9. The molecule has 1 rings (SSSR count). The van der Waals surface area contributed by atoms with E-state index < -0.39 is 11.9 Å². The number of aromatic hydroxyl groups is 1. The number of phenols is 1. The normalized spacial score (nSPS) is 9.88. The smallest absolute Gasteiger partial charge is 0.308 e. The summed E-state index contributed by atoms with van der Waals surface area (Å²) in [6, 6.07) is 1.64. The van der Waals surface area contributed by atoms with Crippen molar-refractivity contribution >= 4 is 11.9 Å². The molecule has 0 aliphatic carbocycles. The number of carbonyl (C=O) groups excluding carboxylic acids is 2. The highest BCUT2D eigenvalue weighted by Crippen LogP contribution is 2.41. The lowest BCUT2D eigenvalue weighted by molar-refractivity contribution is -0.134. The topological polar surface area (TPSA) is 72.8 Å². The average Bonchev–Trinajstić information content (AvgIpc) is 2.19. The number of ether oxygens (including phenoxy) is 2. The first-order chi connectivity index (χ1) is 7.82. The van der Waals surface area contributed by atoms with Crippen molar-refractivity contribution in [3.8, 4) is 17.2 Å². The lowest BCUT2D eigenvalue weighted by atomic mass is 10.1. The van der Waals surface area contributed by atoms with Crippen LogP contribution in [-0.4, -0.2) is 17.0 Å². The van der Waals surface area contributed by atoms with Gasteiger partial charge in [-0.25, -0.2) is 0 Å². The second-order valence-electron chi connectivity index (χ2n) is 3.70. The Balaban J connectivity index is 3.38. The third-order valence-electron chi connectivity index (χ3n) is 2.08. The van der Waals surface area contributed by atoms with Gasteiger partial charge >= 0.3 is 11.9 Å². The van der Waals surface area contributed by atoms with Crippen LogP contribution in [0.15, 0.2) is 6.07 Å². The van der Waals surface area contributed by atoms with E-state index in [1.54, 1.807) is 19.9 Å². The molecular formula is C12H14O5. The van der Waals surface area contributed by atoms with Crippen molar-refractivity contribution in [1.29, 1.82) is 0 Å². The third-order valence-corrected chi connectivity index (χ3v) is 2.08. The van der Waals surface area contributed by atoms with Gasteiger partial charge < -0.3 is 14.6 Å². The highest BCUT2D eigenvalue weighted by atomic mass is 16.6. The Morgan fingerprint density at radius 2 is 1.47 bits per heavy atom. The van der Waals surface area contributed by atoms with Gasteiger partial charge in [0, 0.05) is 13.8 Å². The molecule has 0 saturated heterocycles. The SMILES string of the molecule is CC(=O)Oc1c(C)cc(C)c(O)c1OC(C)=O. The van der Waals surface area contributed by atoms with Crippen molar-refractivity contribution in [3.05, 3.63) is 17.2 Å². The van der Waals surface area contributed by atoms with Crippen LogP contribution in [-0.2, 0) is 9.59 Å². The van der Waals surface area contributed by atoms with E-state index in [2.05, 4.69) is 0 Å². The number of phenolic OH excluding ortho intramolecular Hbond substituents is 1. The van der Waals surface area contributed by atoms with E-state index in [1.807, 2.05) is 0 Å². The standard InChI is InChI=1S/C12H14O5/c1-6-5-7(2)11(16-8(3)13)12(10(6)15)17-9(4)14/h5,15H,1-4H3. The van der Waals surface area contributed by atoms with E-state index in [0.717, 1.165) is 0 Å². The van der Waals surface area contributed by atoms with Crippen LogP contribution in [0.4, 0.5) is 0 Å². The summed E-state index contributed by atoms with van der Waals surface area (Å²) >= 11 is 0. The molecule has 92 valence electrons. The first-order valence-corrected chi connectivity index (χ1v) is 5.03. The van der Waals surface area contributed by atoms with Crippen molar-refractivity contribution in [1.82, 2.24) is 0 Å². The maximum Gasteiger partial charge on any atom is 0.308 e. The molecule has 0 heterocycles. The van der Waals surface area contributed by atoms with Gasteiger partial charge in [0.25, 0.3) is 0 Å². The third kappa shape index (κ3) is 2.96. The first kappa shape index (κ1) is 13.0.